The highest BCUT2D eigenvalue weighted by atomic mass is 19.4. The number of nitrogens with two attached hydrogens (primary N) is 1. The number of carbonyl (C=O) groups is 2. The Morgan fingerprint density at radius 3 is 2.30 bits per heavy atom. The monoisotopic (exact) mass is 333 g/mol. The molecule has 1 atom stereocenters. The number of nitrogens with zero attached hydrogens (tertiary/aromatic N) is 1. The Kier molecular flexibility index (Phi) is 6.38. The molecule has 0 heterocycles. The van der Waals surface area contributed by atoms with Crippen LogP contribution in [0.4, 0.5) is 13.2 Å². The number of alkyl halides is 3. The molecule has 0 aliphatic carbocycles. The maximum Gasteiger partial charge on any atom is 0.573 e. The van der Waals surface area contributed by atoms with Crippen LogP contribution in [0.1, 0.15) is 18.5 Å². The second-order valence-corrected chi connectivity index (χ2v) is 5.04. The predicted molar refractivity (Wildman–Crippen MR) is 76.4 cm³/mol. The van der Waals surface area contributed by atoms with Crippen molar-refractivity contribution in [2.24, 2.45) is 5.73 Å². The lowest BCUT2D eigenvalue weighted by Crippen LogP contribution is -2.39. The lowest BCUT2D eigenvalue weighted by molar-refractivity contribution is -0.274. The van der Waals surface area contributed by atoms with Crippen molar-refractivity contribution in [1.82, 2.24) is 10.2 Å². The van der Waals surface area contributed by atoms with Gasteiger partial charge in [-0.05, 0) is 31.7 Å². The minimum absolute atomic E-state index is 0.0252. The van der Waals surface area contributed by atoms with Gasteiger partial charge in [0.15, 0.2) is 0 Å². The first-order valence-corrected chi connectivity index (χ1v) is 6.68. The van der Waals surface area contributed by atoms with Crippen LogP contribution in [0.25, 0.3) is 0 Å². The molecule has 0 aliphatic heterocycles. The molecule has 1 rings (SSSR count). The van der Waals surface area contributed by atoms with Crippen molar-refractivity contribution in [3.63, 3.8) is 0 Å². The Morgan fingerprint density at radius 1 is 1.26 bits per heavy atom. The number of likely N-dealkylation sites (N-methyl/N-ethyl adjacent to an activating group) is 1. The first-order valence-electron chi connectivity index (χ1n) is 6.68. The quantitative estimate of drug-likeness (QED) is 0.785. The summed E-state index contributed by atoms with van der Waals surface area (Å²) in [5, 5.41) is 2.67. The van der Waals surface area contributed by atoms with Gasteiger partial charge in [-0.3, -0.25) is 14.5 Å². The number of benzene rings is 1. The number of primary amides is 1. The van der Waals surface area contributed by atoms with Crippen LogP contribution in [0.3, 0.4) is 0 Å². The van der Waals surface area contributed by atoms with E-state index in [0.717, 1.165) is 0 Å². The number of halogens is 3. The summed E-state index contributed by atoms with van der Waals surface area (Å²) in [7, 11) is 1.57. The molecule has 0 fully saturated rings. The van der Waals surface area contributed by atoms with Crippen LogP contribution in [0.5, 0.6) is 5.75 Å². The smallest absolute Gasteiger partial charge is 0.406 e. The molecule has 2 amide bonds. The minimum Gasteiger partial charge on any atom is -0.406 e. The predicted octanol–water partition coefficient (Wildman–Crippen LogP) is 1.18. The van der Waals surface area contributed by atoms with Crippen LogP contribution in [-0.2, 0) is 9.59 Å². The van der Waals surface area contributed by atoms with Crippen molar-refractivity contribution in [3.05, 3.63) is 29.8 Å². The fraction of sp³-hybridized carbons (Fsp3) is 0.429. The first-order chi connectivity index (χ1) is 10.6. The third-order valence-corrected chi connectivity index (χ3v) is 2.83. The van der Waals surface area contributed by atoms with Crippen molar-refractivity contribution in [3.8, 4) is 5.75 Å². The van der Waals surface area contributed by atoms with Crippen molar-refractivity contribution >= 4 is 11.8 Å². The molecule has 0 bridgehead atoms. The van der Waals surface area contributed by atoms with E-state index < -0.39 is 18.3 Å². The van der Waals surface area contributed by atoms with Gasteiger partial charge in [0.2, 0.25) is 11.8 Å². The number of hydrogen-bond donors (Lipinski definition) is 2. The summed E-state index contributed by atoms with van der Waals surface area (Å²) in [4.78, 5) is 24.0. The molecule has 6 nitrogen and oxygen atoms in total. The third kappa shape index (κ3) is 7.50. The van der Waals surface area contributed by atoms with Crippen molar-refractivity contribution in [1.29, 1.82) is 0 Å². The molecule has 0 aromatic heterocycles. The summed E-state index contributed by atoms with van der Waals surface area (Å²) in [6, 6.07) is 4.79. The van der Waals surface area contributed by atoms with E-state index in [-0.39, 0.29) is 24.7 Å². The molecule has 0 aliphatic rings. The van der Waals surface area contributed by atoms with Crippen LogP contribution in [0.15, 0.2) is 24.3 Å². The van der Waals surface area contributed by atoms with Crippen molar-refractivity contribution < 1.29 is 27.5 Å². The zero-order valence-corrected chi connectivity index (χ0v) is 12.7. The highest BCUT2D eigenvalue weighted by molar-refractivity contribution is 5.80. The van der Waals surface area contributed by atoms with E-state index in [0.29, 0.717) is 5.56 Å². The van der Waals surface area contributed by atoms with Crippen LogP contribution in [-0.4, -0.2) is 43.2 Å². The van der Waals surface area contributed by atoms with Crippen LogP contribution in [0, 0.1) is 0 Å². The van der Waals surface area contributed by atoms with Gasteiger partial charge in [0.1, 0.15) is 5.75 Å². The van der Waals surface area contributed by atoms with E-state index in [9.17, 15) is 22.8 Å². The fourth-order valence-electron chi connectivity index (χ4n) is 1.90. The molecule has 9 heteroatoms. The summed E-state index contributed by atoms with van der Waals surface area (Å²) in [5.74, 6) is -1.22. The van der Waals surface area contributed by atoms with Gasteiger partial charge < -0.3 is 15.8 Å². The first kappa shape index (κ1) is 18.8. The van der Waals surface area contributed by atoms with E-state index >= 15 is 0 Å². The third-order valence-electron chi connectivity index (χ3n) is 2.83. The number of hydrogen-bond acceptors (Lipinski definition) is 4. The fourth-order valence-corrected chi connectivity index (χ4v) is 1.90. The van der Waals surface area contributed by atoms with Crippen LogP contribution in [0.2, 0.25) is 0 Å². The second-order valence-electron chi connectivity index (χ2n) is 5.04. The molecule has 0 saturated heterocycles. The Hall–Kier alpha value is -2.29. The molecular weight excluding hydrogens is 315 g/mol. The Balaban J connectivity index is 2.55. The average molecular weight is 333 g/mol. The summed E-state index contributed by atoms with van der Waals surface area (Å²) < 4.78 is 40.0. The summed E-state index contributed by atoms with van der Waals surface area (Å²) in [5.41, 5.74) is 5.63. The normalized spacial score (nSPS) is 12.8. The molecule has 1 unspecified atom stereocenters. The molecule has 0 radical (unpaired) electrons. The van der Waals surface area contributed by atoms with Crippen molar-refractivity contribution in [2.75, 3.05) is 20.1 Å². The summed E-state index contributed by atoms with van der Waals surface area (Å²) in [6.45, 7) is 1.61. The van der Waals surface area contributed by atoms with Gasteiger partial charge in [-0.25, -0.2) is 0 Å². The van der Waals surface area contributed by atoms with Gasteiger partial charge >= 0.3 is 6.36 Å². The van der Waals surface area contributed by atoms with Gasteiger partial charge in [0.25, 0.3) is 0 Å². The molecule has 128 valence electrons. The van der Waals surface area contributed by atoms with Gasteiger partial charge in [-0.1, -0.05) is 12.1 Å². The number of amides is 2. The molecule has 23 heavy (non-hydrogen) atoms. The Bertz CT molecular complexity index is 546. The van der Waals surface area contributed by atoms with Gasteiger partial charge in [0.05, 0.1) is 19.1 Å². The van der Waals surface area contributed by atoms with Gasteiger partial charge in [-0.15, -0.1) is 13.2 Å². The number of rotatable bonds is 7. The van der Waals surface area contributed by atoms with E-state index in [2.05, 4.69) is 10.1 Å². The zero-order chi connectivity index (χ0) is 17.6. The molecular formula is C14H18F3N3O3. The minimum atomic E-state index is -4.74. The zero-order valence-electron chi connectivity index (χ0n) is 12.7. The number of carbonyl (C=O) groups excluding carboxylic acids is 2. The Labute approximate surface area is 131 Å². The largest absolute Gasteiger partial charge is 0.573 e. The average Bonchev–Trinajstić information content (AvgIpc) is 2.35. The van der Waals surface area contributed by atoms with Crippen molar-refractivity contribution in [2.45, 2.75) is 19.3 Å². The van der Waals surface area contributed by atoms with E-state index in [1.807, 2.05) is 0 Å². The Morgan fingerprint density at radius 2 is 1.83 bits per heavy atom. The van der Waals surface area contributed by atoms with Gasteiger partial charge in [0, 0.05) is 0 Å². The van der Waals surface area contributed by atoms with Gasteiger partial charge in [-0.2, -0.15) is 0 Å². The highest BCUT2D eigenvalue weighted by Crippen LogP contribution is 2.24. The number of nitrogens with one attached hydrogen (secondary N) is 1. The maximum atomic E-state index is 12.1. The standard InChI is InChI=1S/C14H18F3N3O3/c1-9(19-13(22)8-20(2)7-12(18)21)10-3-5-11(6-4-10)23-14(15,16)17/h3-6,9H,7-8H2,1-2H3,(H2,18,21)(H,19,22). The summed E-state index contributed by atoms with van der Waals surface area (Å²) in [6.07, 6.45) is -4.74. The number of ether oxygens (including phenoxy) is 1. The topological polar surface area (TPSA) is 84.7 Å². The molecule has 0 saturated carbocycles. The van der Waals surface area contributed by atoms with E-state index in [1.165, 1.54) is 29.2 Å². The van der Waals surface area contributed by atoms with E-state index in [4.69, 9.17) is 5.73 Å². The molecule has 3 N–H and O–H groups in total. The summed E-state index contributed by atoms with van der Waals surface area (Å²) >= 11 is 0. The highest BCUT2D eigenvalue weighted by Gasteiger charge is 2.31. The van der Waals surface area contributed by atoms with Crippen LogP contribution < -0.4 is 15.8 Å². The molecule has 1 aromatic carbocycles. The maximum absolute atomic E-state index is 12.1. The molecule has 0 spiro atoms. The van der Waals surface area contributed by atoms with E-state index in [1.54, 1.807) is 14.0 Å². The second kappa shape index (κ2) is 7.82. The van der Waals surface area contributed by atoms with Crippen LogP contribution >= 0.6 is 0 Å². The SMILES string of the molecule is CC(NC(=O)CN(C)CC(N)=O)c1ccc(OC(F)(F)F)cc1. The molecule has 1 aromatic rings. The lowest BCUT2D eigenvalue weighted by Gasteiger charge is -2.18. The lowest BCUT2D eigenvalue weighted by atomic mass is 10.1.